The highest BCUT2D eigenvalue weighted by molar-refractivity contribution is 5.88. The van der Waals surface area contributed by atoms with Crippen molar-refractivity contribution in [1.29, 1.82) is 0 Å². The van der Waals surface area contributed by atoms with Crippen LogP contribution in [0.4, 0.5) is 4.39 Å². The molecule has 5 heteroatoms. The van der Waals surface area contributed by atoms with E-state index in [4.69, 9.17) is 0 Å². The van der Waals surface area contributed by atoms with Gasteiger partial charge in [0.1, 0.15) is 12.0 Å². The second-order valence-electron chi connectivity index (χ2n) is 5.91. The van der Waals surface area contributed by atoms with Crippen molar-refractivity contribution in [2.24, 2.45) is 0 Å². The van der Waals surface area contributed by atoms with Crippen molar-refractivity contribution in [1.82, 2.24) is 15.0 Å². The van der Waals surface area contributed by atoms with Crippen LogP contribution in [-0.2, 0) is 0 Å². The van der Waals surface area contributed by atoms with E-state index in [-0.39, 0.29) is 11.6 Å². The van der Waals surface area contributed by atoms with E-state index in [1.165, 1.54) is 6.33 Å². The van der Waals surface area contributed by atoms with Crippen molar-refractivity contribution in [3.8, 4) is 11.3 Å². The molecule has 0 amide bonds. The number of aliphatic hydroxyl groups excluding tert-OH is 1. The fourth-order valence-electron chi connectivity index (χ4n) is 2.88. The van der Waals surface area contributed by atoms with Gasteiger partial charge in [-0.25, -0.2) is 14.4 Å². The molecule has 2 heterocycles. The van der Waals surface area contributed by atoms with Crippen LogP contribution in [0.2, 0.25) is 0 Å². The van der Waals surface area contributed by atoms with Gasteiger partial charge >= 0.3 is 0 Å². The highest BCUT2D eigenvalue weighted by Crippen LogP contribution is 2.33. The number of benzene rings is 1. The molecule has 1 atom stereocenters. The van der Waals surface area contributed by atoms with Crippen molar-refractivity contribution in [3.63, 3.8) is 0 Å². The lowest BCUT2D eigenvalue weighted by molar-refractivity contribution is 0.197. The third-order valence-corrected chi connectivity index (χ3v) is 3.91. The molecule has 3 rings (SSSR count). The molecule has 3 aromatic rings. The highest BCUT2D eigenvalue weighted by Gasteiger charge is 2.17. The van der Waals surface area contributed by atoms with Gasteiger partial charge in [0.15, 0.2) is 5.82 Å². The van der Waals surface area contributed by atoms with Crippen molar-refractivity contribution < 1.29 is 9.50 Å². The molecule has 1 aromatic carbocycles. The van der Waals surface area contributed by atoms with Crippen molar-refractivity contribution in [3.05, 3.63) is 53.9 Å². The van der Waals surface area contributed by atoms with Gasteiger partial charge in [0.2, 0.25) is 0 Å². The van der Waals surface area contributed by atoms with Crippen LogP contribution in [0.5, 0.6) is 0 Å². The number of hydrogen-bond acceptors (Lipinski definition) is 4. The minimum Gasteiger partial charge on any atom is -0.389 e. The van der Waals surface area contributed by atoms with Gasteiger partial charge in [-0.15, -0.1) is 0 Å². The molecule has 0 radical (unpaired) electrons. The summed E-state index contributed by atoms with van der Waals surface area (Å²) in [6.45, 7) is 5.86. The molecule has 0 aliphatic heterocycles. The van der Waals surface area contributed by atoms with Crippen LogP contribution in [0.15, 0.2) is 36.9 Å². The Kier molecular flexibility index (Phi) is 4.05. The number of aliphatic hydroxyl groups is 1. The number of pyridine rings is 1. The summed E-state index contributed by atoms with van der Waals surface area (Å²) in [5, 5.41) is 10.9. The Bertz CT molecular complexity index is 862. The summed E-state index contributed by atoms with van der Waals surface area (Å²) in [6.07, 6.45) is 3.59. The summed E-state index contributed by atoms with van der Waals surface area (Å²) in [6, 6.07) is 5.53. The molecular formula is C18H18FN3O. The van der Waals surface area contributed by atoms with Gasteiger partial charge in [0.05, 0.1) is 17.8 Å². The first-order valence-corrected chi connectivity index (χ1v) is 7.55. The normalized spacial score (nSPS) is 12.8. The van der Waals surface area contributed by atoms with E-state index in [1.54, 1.807) is 19.2 Å². The molecule has 0 fully saturated rings. The average Bonchev–Trinajstić information content (AvgIpc) is 2.53. The Morgan fingerprint density at radius 2 is 1.87 bits per heavy atom. The van der Waals surface area contributed by atoms with Crippen LogP contribution in [0.3, 0.4) is 0 Å². The maximum atomic E-state index is 14.0. The lowest BCUT2D eigenvalue weighted by Gasteiger charge is -2.18. The summed E-state index contributed by atoms with van der Waals surface area (Å²) in [4.78, 5) is 12.1. The van der Waals surface area contributed by atoms with Gasteiger partial charge < -0.3 is 5.11 Å². The first kappa shape index (κ1) is 15.5. The van der Waals surface area contributed by atoms with Crippen LogP contribution in [0.1, 0.15) is 43.9 Å². The maximum absolute atomic E-state index is 14.0. The smallest absolute Gasteiger partial charge is 0.167 e. The molecule has 1 N–H and O–H groups in total. The predicted octanol–water partition coefficient (Wildman–Crippen LogP) is 4.01. The van der Waals surface area contributed by atoms with Gasteiger partial charge in [-0.3, -0.25) is 4.98 Å². The summed E-state index contributed by atoms with van der Waals surface area (Å²) in [5.74, 6) is -0.256. The van der Waals surface area contributed by atoms with Crippen LogP contribution in [0.25, 0.3) is 22.2 Å². The Balaban J connectivity index is 2.30. The average molecular weight is 311 g/mol. The van der Waals surface area contributed by atoms with E-state index < -0.39 is 11.9 Å². The molecule has 2 aromatic heterocycles. The number of nitrogens with zero attached hydrogens (tertiary/aromatic N) is 3. The lowest BCUT2D eigenvalue weighted by Crippen LogP contribution is -2.03. The number of fused-ring (bicyclic) bond motifs is 1. The van der Waals surface area contributed by atoms with Crippen LogP contribution < -0.4 is 0 Å². The molecule has 0 aliphatic rings. The predicted molar refractivity (Wildman–Crippen MR) is 87.4 cm³/mol. The molecule has 0 aliphatic carbocycles. The third-order valence-electron chi connectivity index (χ3n) is 3.91. The summed E-state index contributed by atoms with van der Waals surface area (Å²) >= 11 is 0. The number of aromatic nitrogens is 3. The topological polar surface area (TPSA) is 58.9 Å². The minimum atomic E-state index is -0.608. The van der Waals surface area contributed by atoms with E-state index >= 15 is 0 Å². The van der Waals surface area contributed by atoms with Crippen LogP contribution in [0, 0.1) is 5.82 Å². The zero-order valence-electron chi connectivity index (χ0n) is 13.3. The molecule has 0 bridgehead atoms. The van der Waals surface area contributed by atoms with Gasteiger partial charge in [-0.2, -0.15) is 0 Å². The summed E-state index contributed by atoms with van der Waals surface area (Å²) < 4.78 is 14.0. The molecule has 23 heavy (non-hydrogen) atoms. The first-order chi connectivity index (χ1) is 11.0. The lowest BCUT2D eigenvalue weighted by atomic mass is 9.91. The molecule has 0 saturated carbocycles. The zero-order chi connectivity index (χ0) is 16.6. The Hall–Kier alpha value is -2.40. The largest absolute Gasteiger partial charge is 0.389 e. The van der Waals surface area contributed by atoms with Gasteiger partial charge in [0, 0.05) is 22.7 Å². The van der Waals surface area contributed by atoms with E-state index in [9.17, 15) is 9.50 Å². The number of rotatable bonds is 3. The quantitative estimate of drug-likeness (QED) is 0.794. The van der Waals surface area contributed by atoms with Crippen molar-refractivity contribution >= 4 is 10.9 Å². The fraction of sp³-hybridized carbons (Fsp3) is 0.278. The first-order valence-electron chi connectivity index (χ1n) is 7.55. The maximum Gasteiger partial charge on any atom is 0.167 e. The zero-order valence-corrected chi connectivity index (χ0v) is 13.3. The highest BCUT2D eigenvalue weighted by atomic mass is 19.1. The summed E-state index contributed by atoms with van der Waals surface area (Å²) in [7, 11) is 0. The molecular weight excluding hydrogens is 293 g/mol. The SMILES string of the molecule is CC(C)c1c([C@H](C)O)cnc2ccc(-c3ncncc3F)cc12. The van der Waals surface area contributed by atoms with E-state index in [1.807, 2.05) is 12.1 Å². The fourth-order valence-corrected chi connectivity index (χ4v) is 2.88. The molecule has 0 unspecified atom stereocenters. The number of hydrogen-bond donors (Lipinski definition) is 1. The molecule has 0 saturated heterocycles. The van der Waals surface area contributed by atoms with E-state index in [0.717, 1.165) is 28.2 Å². The third kappa shape index (κ3) is 2.80. The van der Waals surface area contributed by atoms with E-state index in [2.05, 4.69) is 28.8 Å². The van der Waals surface area contributed by atoms with Crippen LogP contribution >= 0.6 is 0 Å². The molecule has 4 nitrogen and oxygen atoms in total. The second kappa shape index (κ2) is 6.01. The number of halogens is 1. The molecule has 118 valence electrons. The monoisotopic (exact) mass is 311 g/mol. The van der Waals surface area contributed by atoms with Crippen LogP contribution in [-0.4, -0.2) is 20.1 Å². The van der Waals surface area contributed by atoms with Gasteiger partial charge in [-0.1, -0.05) is 19.9 Å². The van der Waals surface area contributed by atoms with Gasteiger partial charge in [-0.05, 0) is 30.5 Å². The Morgan fingerprint density at radius 1 is 1.09 bits per heavy atom. The van der Waals surface area contributed by atoms with E-state index in [0.29, 0.717) is 5.56 Å². The van der Waals surface area contributed by atoms with Gasteiger partial charge in [0.25, 0.3) is 0 Å². The Labute approximate surface area is 134 Å². The minimum absolute atomic E-state index is 0.204. The standard InChI is InChI=1S/C18H18FN3O/c1-10(2)17-13-6-12(18-15(19)8-20-9-22-18)4-5-16(13)21-7-14(17)11(3)23/h4-11,23H,1-3H3/t11-/m0/s1. The second-order valence-corrected chi connectivity index (χ2v) is 5.91. The van der Waals surface area contributed by atoms with Crippen molar-refractivity contribution in [2.45, 2.75) is 32.8 Å². The summed E-state index contributed by atoms with van der Waals surface area (Å²) in [5.41, 5.74) is 3.58. The Morgan fingerprint density at radius 3 is 2.52 bits per heavy atom. The van der Waals surface area contributed by atoms with Crippen molar-refractivity contribution in [2.75, 3.05) is 0 Å². The molecule has 0 spiro atoms.